The maximum atomic E-state index is 13.5. The summed E-state index contributed by atoms with van der Waals surface area (Å²) in [6, 6.07) is 4.19. The average Bonchev–Trinajstić information content (AvgIpc) is 3.30. The second-order valence-electron chi connectivity index (χ2n) is 6.27. The Balaban J connectivity index is 1.77. The van der Waals surface area contributed by atoms with Gasteiger partial charge in [-0.05, 0) is 55.2 Å². The lowest BCUT2D eigenvalue weighted by Gasteiger charge is -2.31. The van der Waals surface area contributed by atoms with Crippen molar-refractivity contribution in [2.45, 2.75) is 31.7 Å². The van der Waals surface area contributed by atoms with Crippen LogP contribution in [0.1, 0.15) is 37.3 Å². The van der Waals surface area contributed by atoms with Crippen molar-refractivity contribution in [1.29, 1.82) is 0 Å². The highest BCUT2D eigenvalue weighted by Gasteiger charge is 2.32. The van der Waals surface area contributed by atoms with Gasteiger partial charge in [0, 0.05) is 25.7 Å². The van der Waals surface area contributed by atoms with Gasteiger partial charge in [-0.3, -0.25) is 4.90 Å². The molecule has 2 saturated carbocycles. The summed E-state index contributed by atoms with van der Waals surface area (Å²) in [6.07, 6.45) is 5.15. The van der Waals surface area contributed by atoms with E-state index in [1.54, 1.807) is 6.07 Å². The number of nitrogens with two attached hydrogens (primary N) is 1. The first kappa shape index (κ1) is 14.0. The van der Waals surface area contributed by atoms with E-state index >= 15 is 0 Å². The molecule has 0 bridgehead atoms. The third kappa shape index (κ3) is 3.36. The molecule has 1 aromatic rings. The van der Waals surface area contributed by atoms with Gasteiger partial charge in [0.25, 0.3) is 0 Å². The summed E-state index contributed by atoms with van der Waals surface area (Å²) < 4.78 is 26.5. The zero-order chi connectivity index (χ0) is 14.1. The normalized spacial score (nSPS) is 20.4. The van der Waals surface area contributed by atoms with E-state index in [0.717, 1.165) is 30.5 Å². The average molecular weight is 280 g/mol. The predicted octanol–water partition coefficient (Wildman–Crippen LogP) is 3.09. The lowest BCUT2D eigenvalue weighted by molar-refractivity contribution is 0.184. The van der Waals surface area contributed by atoms with Gasteiger partial charge in [-0.1, -0.05) is 6.07 Å². The smallest absolute Gasteiger partial charge is 0.159 e. The molecule has 0 radical (unpaired) electrons. The van der Waals surface area contributed by atoms with Crippen molar-refractivity contribution in [1.82, 2.24) is 4.90 Å². The number of hydrogen-bond donors (Lipinski definition) is 1. The quantitative estimate of drug-likeness (QED) is 0.831. The molecule has 1 aromatic carbocycles. The van der Waals surface area contributed by atoms with E-state index in [2.05, 4.69) is 4.90 Å². The van der Waals surface area contributed by atoms with Gasteiger partial charge < -0.3 is 5.73 Å². The summed E-state index contributed by atoms with van der Waals surface area (Å²) in [7, 11) is 0. The first-order chi connectivity index (χ1) is 9.67. The van der Waals surface area contributed by atoms with Gasteiger partial charge in [-0.15, -0.1) is 0 Å². The van der Waals surface area contributed by atoms with Crippen LogP contribution in [-0.2, 0) is 0 Å². The fraction of sp³-hybridized carbons (Fsp3) is 0.625. The van der Waals surface area contributed by atoms with E-state index in [9.17, 15) is 8.78 Å². The van der Waals surface area contributed by atoms with Crippen LogP contribution in [-0.4, -0.2) is 24.5 Å². The van der Waals surface area contributed by atoms with Crippen molar-refractivity contribution in [3.8, 4) is 0 Å². The Kier molecular flexibility index (Phi) is 4.03. The fourth-order valence-corrected chi connectivity index (χ4v) is 2.81. The second kappa shape index (κ2) is 5.78. The zero-order valence-electron chi connectivity index (χ0n) is 11.7. The van der Waals surface area contributed by atoms with Crippen LogP contribution >= 0.6 is 0 Å². The van der Waals surface area contributed by atoms with Gasteiger partial charge in [-0.2, -0.15) is 0 Å². The molecular weight excluding hydrogens is 258 g/mol. The fourth-order valence-electron chi connectivity index (χ4n) is 2.81. The van der Waals surface area contributed by atoms with Gasteiger partial charge in [0.05, 0.1) is 0 Å². The van der Waals surface area contributed by atoms with Gasteiger partial charge >= 0.3 is 0 Å². The van der Waals surface area contributed by atoms with Crippen LogP contribution in [0.3, 0.4) is 0 Å². The van der Waals surface area contributed by atoms with Crippen molar-refractivity contribution in [3.63, 3.8) is 0 Å². The maximum absolute atomic E-state index is 13.5. The summed E-state index contributed by atoms with van der Waals surface area (Å²) in [4.78, 5) is 2.39. The molecule has 2 aliphatic carbocycles. The molecule has 0 spiro atoms. The number of nitrogens with zero attached hydrogens (tertiary/aromatic N) is 1. The molecule has 110 valence electrons. The first-order valence-corrected chi connectivity index (χ1v) is 7.56. The molecule has 0 heterocycles. The minimum absolute atomic E-state index is 0.00583. The second-order valence-corrected chi connectivity index (χ2v) is 6.27. The molecule has 0 amide bonds. The van der Waals surface area contributed by atoms with Crippen molar-refractivity contribution < 1.29 is 8.78 Å². The molecule has 20 heavy (non-hydrogen) atoms. The van der Waals surface area contributed by atoms with Gasteiger partial charge in [-0.25, -0.2) is 8.78 Å². The monoisotopic (exact) mass is 280 g/mol. The van der Waals surface area contributed by atoms with E-state index in [1.807, 2.05) is 0 Å². The lowest BCUT2D eigenvalue weighted by atomic mass is 10.0. The molecule has 3 rings (SSSR count). The molecule has 2 nitrogen and oxygen atoms in total. The van der Waals surface area contributed by atoms with Crippen LogP contribution in [0.25, 0.3) is 0 Å². The van der Waals surface area contributed by atoms with Crippen LogP contribution in [0.15, 0.2) is 18.2 Å². The standard InChI is InChI=1S/C16H22F2N2/c17-14-6-5-13(7-15(14)18)16(8-19)20(9-11-1-2-11)10-12-3-4-12/h5-7,11-12,16H,1-4,8-10,19H2. The first-order valence-electron chi connectivity index (χ1n) is 7.56. The SMILES string of the molecule is NCC(c1ccc(F)c(F)c1)N(CC1CC1)CC1CC1. The predicted molar refractivity (Wildman–Crippen MR) is 75.2 cm³/mol. The minimum atomic E-state index is -0.791. The highest BCUT2D eigenvalue weighted by molar-refractivity contribution is 5.22. The molecule has 4 heteroatoms. The Bertz CT molecular complexity index is 456. The Morgan fingerprint density at radius 2 is 1.65 bits per heavy atom. The van der Waals surface area contributed by atoms with Crippen LogP contribution in [0.4, 0.5) is 8.78 Å². The summed E-state index contributed by atoms with van der Waals surface area (Å²) in [5.74, 6) is -0.0274. The molecule has 0 saturated heterocycles. The van der Waals surface area contributed by atoms with Crippen LogP contribution in [0, 0.1) is 23.5 Å². The molecule has 1 unspecified atom stereocenters. The van der Waals surface area contributed by atoms with Gasteiger partial charge in [0.15, 0.2) is 11.6 Å². The summed E-state index contributed by atoms with van der Waals surface area (Å²) in [5, 5.41) is 0. The maximum Gasteiger partial charge on any atom is 0.159 e. The van der Waals surface area contributed by atoms with Crippen LogP contribution in [0.5, 0.6) is 0 Å². The van der Waals surface area contributed by atoms with Gasteiger partial charge in [0.2, 0.25) is 0 Å². The van der Waals surface area contributed by atoms with Crippen LogP contribution in [0.2, 0.25) is 0 Å². The Morgan fingerprint density at radius 1 is 1.05 bits per heavy atom. The summed E-state index contributed by atoms with van der Waals surface area (Å²) in [5.41, 5.74) is 6.73. The number of hydrogen-bond acceptors (Lipinski definition) is 2. The van der Waals surface area contributed by atoms with E-state index < -0.39 is 11.6 Å². The molecule has 0 aliphatic heterocycles. The summed E-state index contributed by atoms with van der Waals surface area (Å²) in [6.45, 7) is 2.53. The zero-order valence-corrected chi connectivity index (χ0v) is 11.7. The van der Waals surface area contributed by atoms with Crippen molar-refractivity contribution in [2.24, 2.45) is 17.6 Å². The van der Waals surface area contributed by atoms with E-state index in [0.29, 0.717) is 6.54 Å². The van der Waals surface area contributed by atoms with Crippen molar-refractivity contribution >= 4 is 0 Å². The molecule has 2 N–H and O–H groups in total. The number of rotatable bonds is 7. The highest BCUT2D eigenvalue weighted by Crippen LogP contribution is 2.37. The third-order valence-electron chi connectivity index (χ3n) is 4.37. The highest BCUT2D eigenvalue weighted by atomic mass is 19.2. The molecular formula is C16H22F2N2. The molecule has 2 fully saturated rings. The van der Waals surface area contributed by atoms with Crippen molar-refractivity contribution in [3.05, 3.63) is 35.4 Å². The molecule has 2 aliphatic rings. The summed E-state index contributed by atoms with van der Waals surface area (Å²) >= 11 is 0. The Morgan fingerprint density at radius 3 is 2.10 bits per heavy atom. The topological polar surface area (TPSA) is 29.3 Å². The van der Waals surface area contributed by atoms with Gasteiger partial charge in [0.1, 0.15) is 0 Å². The minimum Gasteiger partial charge on any atom is -0.329 e. The van der Waals surface area contributed by atoms with Crippen molar-refractivity contribution in [2.75, 3.05) is 19.6 Å². The Labute approximate surface area is 118 Å². The van der Waals surface area contributed by atoms with E-state index in [-0.39, 0.29) is 6.04 Å². The number of halogens is 2. The largest absolute Gasteiger partial charge is 0.329 e. The lowest BCUT2D eigenvalue weighted by Crippen LogP contribution is -2.37. The third-order valence-corrected chi connectivity index (χ3v) is 4.37. The molecule has 0 aromatic heterocycles. The van der Waals surface area contributed by atoms with E-state index in [4.69, 9.17) is 5.73 Å². The Hall–Kier alpha value is -1.00. The van der Waals surface area contributed by atoms with Crippen LogP contribution < -0.4 is 5.73 Å². The van der Waals surface area contributed by atoms with E-state index in [1.165, 1.54) is 37.8 Å². The molecule has 1 atom stereocenters. The number of benzene rings is 1.